The van der Waals surface area contributed by atoms with E-state index in [1.165, 1.54) is 18.5 Å². The van der Waals surface area contributed by atoms with Crippen molar-refractivity contribution in [3.63, 3.8) is 0 Å². The molecule has 0 aliphatic carbocycles. The zero-order valence-corrected chi connectivity index (χ0v) is 8.25. The highest BCUT2D eigenvalue weighted by atomic mass is 32.2. The fraction of sp³-hybridized carbons (Fsp3) is 1.00. The van der Waals surface area contributed by atoms with Crippen LogP contribution in [0, 0.1) is 5.41 Å². The lowest BCUT2D eigenvalue weighted by atomic mass is 9.87. The van der Waals surface area contributed by atoms with E-state index in [4.69, 9.17) is 4.18 Å². The normalized spacial score (nSPS) is 12.0. The number of hydrogen-bond donors (Lipinski definition) is 0. The summed E-state index contributed by atoms with van der Waals surface area (Å²) in [5.74, 6) is 0. The Morgan fingerprint density at radius 1 is 1.40 bits per heavy atom. The molecule has 2 heteroatoms. The number of rotatable bonds is 5. The average molecular weight is 162 g/mol. The van der Waals surface area contributed by atoms with Crippen LogP contribution in [0.1, 0.15) is 33.6 Å². The van der Waals surface area contributed by atoms with Crippen LogP contribution < -0.4 is 0 Å². The molecule has 0 saturated carbocycles. The Morgan fingerprint density at radius 3 is 2.40 bits per heavy atom. The van der Waals surface area contributed by atoms with Gasteiger partial charge in [-0.1, -0.05) is 27.2 Å². The molecule has 0 spiro atoms. The molecule has 0 rings (SSSR count). The van der Waals surface area contributed by atoms with Gasteiger partial charge in [0, 0.05) is 6.26 Å². The summed E-state index contributed by atoms with van der Waals surface area (Å²) in [7, 11) is 0. The Balaban J connectivity index is 3.28. The van der Waals surface area contributed by atoms with Crippen LogP contribution >= 0.6 is 12.0 Å². The Hall–Kier alpha value is 0.310. The third-order valence-electron chi connectivity index (χ3n) is 1.94. The van der Waals surface area contributed by atoms with Crippen molar-refractivity contribution in [1.82, 2.24) is 0 Å². The van der Waals surface area contributed by atoms with Gasteiger partial charge in [-0.25, -0.2) is 0 Å². The van der Waals surface area contributed by atoms with Crippen molar-refractivity contribution in [2.24, 2.45) is 5.41 Å². The second-order valence-electron chi connectivity index (χ2n) is 3.26. The maximum absolute atomic E-state index is 5.19. The molecule has 0 aliphatic rings. The number of hydrogen-bond acceptors (Lipinski definition) is 2. The molecule has 10 heavy (non-hydrogen) atoms. The van der Waals surface area contributed by atoms with E-state index in [-0.39, 0.29) is 0 Å². The van der Waals surface area contributed by atoms with Crippen LogP contribution in [0.15, 0.2) is 0 Å². The van der Waals surface area contributed by atoms with E-state index in [1.54, 1.807) is 0 Å². The molecule has 0 radical (unpaired) electrons. The molecule has 0 amide bonds. The molecule has 0 aromatic carbocycles. The average Bonchev–Trinajstić information content (AvgIpc) is 1.89. The highest BCUT2D eigenvalue weighted by molar-refractivity contribution is 7.93. The summed E-state index contributed by atoms with van der Waals surface area (Å²) >= 11 is 1.45. The molecular weight excluding hydrogens is 144 g/mol. The smallest absolute Gasteiger partial charge is 0.0618 e. The van der Waals surface area contributed by atoms with E-state index in [1.807, 2.05) is 6.26 Å². The standard InChI is InChI=1S/C8H18OS/c1-5-8(2,3)6-7-9-10-4/h5-7H2,1-4H3. The van der Waals surface area contributed by atoms with Gasteiger partial charge in [-0.15, -0.1) is 0 Å². The van der Waals surface area contributed by atoms with Crippen molar-refractivity contribution in [3.05, 3.63) is 0 Å². The minimum Gasteiger partial charge on any atom is -0.316 e. The van der Waals surface area contributed by atoms with Crippen LogP contribution in [0.3, 0.4) is 0 Å². The van der Waals surface area contributed by atoms with E-state index in [0.717, 1.165) is 13.0 Å². The lowest BCUT2D eigenvalue weighted by Crippen LogP contribution is -2.11. The first-order chi connectivity index (χ1) is 4.62. The third kappa shape index (κ3) is 5.12. The first-order valence-electron chi connectivity index (χ1n) is 3.78. The summed E-state index contributed by atoms with van der Waals surface area (Å²) in [5, 5.41) is 0. The second kappa shape index (κ2) is 5.03. The molecular formula is C8H18OS. The lowest BCUT2D eigenvalue weighted by molar-refractivity contribution is 0.245. The highest BCUT2D eigenvalue weighted by Gasteiger charge is 2.13. The summed E-state index contributed by atoms with van der Waals surface area (Å²) in [5.41, 5.74) is 0.454. The van der Waals surface area contributed by atoms with Gasteiger partial charge in [-0.05, 0) is 23.9 Å². The second-order valence-corrected chi connectivity index (χ2v) is 3.83. The van der Waals surface area contributed by atoms with Crippen LogP contribution in [0.25, 0.3) is 0 Å². The minimum absolute atomic E-state index is 0.454. The van der Waals surface area contributed by atoms with Gasteiger partial charge < -0.3 is 4.18 Å². The summed E-state index contributed by atoms with van der Waals surface area (Å²) in [6, 6.07) is 0. The quantitative estimate of drug-likeness (QED) is 0.454. The van der Waals surface area contributed by atoms with Gasteiger partial charge >= 0.3 is 0 Å². The molecule has 0 N–H and O–H groups in total. The van der Waals surface area contributed by atoms with Crippen LogP contribution in [0.4, 0.5) is 0 Å². The van der Waals surface area contributed by atoms with E-state index >= 15 is 0 Å². The first kappa shape index (κ1) is 10.3. The van der Waals surface area contributed by atoms with E-state index < -0.39 is 0 Å². The summed E-state index contributed by atoms with van der Waals surface area (Å²) in [4.78, 5) is 0. The molecule has 1 nitrogen and oxygen atoms in total. The van der Waals surface area contributed by atoms with Crippen LogP contribution in [0.2, 0.25) is 0 Å². The fourth-order valence-corrected chi connectivity index (χ4v) is 0.828. The van der Waals surface area contributed by atoms with Crippen molar-refractivity contribution in [2.45, 2.75) is 33.6 Å². The fourth-order valence-electron chi connectivity index (χ4n) is 0.578. The Morgan fingerprint density at radius 2 is 2.00 bits per heavy atom. The molecule has 0 bridgehead atoms. The molecule has 0 atom stereocenters. The van der Waals surface area contributed by atoms with Crippen molar-refractivity contribution in [2.75, 3.05) is 12.9 Å². The third-order valence-corrected chi connectivity index (χ3v) is 2.34. The molecule has 0 aliphatic heterocycles. The maximum Gasteiger partial charge on any atom is 0.0618 e. The van der Waals surface area contributed by atoms with Crippen molar-refractivity contribution < 1.29 is 4.18 Å². The maximum atomic E-state index is 5.19. The van der Waals surface area contributed by atoms with Gasteiger partial charge in [0.2, 0.25) is 0 Å². The molecule has 0 saturated heterocycles. The van der Waals surface area contributed by atoms with Crippen molar-refractivity contribution >= 4 is 12.0 Å². The SMILES string of the molecule is CCC(C)(C)CCOSC. The lowest BCUT2D eigenvalue weighted by Gasteiger charge is -2.21. The van der Waals surface area contributed by atoms with Gasteiger partial charge in [-0.2, -0.15) is 0 Å². The summed E-state index contributed by atoms with van der Waals surface area (Å²) < 4.78 is 5.19. The molecule has 0 aromatic rings. The Kier molecular flexibility index (Phi) is 5.18. The molecule has 0 unspecified atom stereocenters. The van der Waals surface area contributed by atoms with Gasteiger partial charge in [0.25, 0.3) is 0 Å². The minimum atomic E-state index is 0.454. The summed E-state index contributed by atoms with van der Waals surface area (Å²) in [6.45, 7) is 7.65. The van der Waals surface area contributed by atoms with Crippen molar-refractivity contribution in [1.29, 1.82) is 0 Å². The van der Waals surface area contributed by atoms with Crippen LogP contribution in [-0.4, -0.2) is 12.9 Å². The molecule has 0 aromatic heterocycles. The predicted octanol–water partition coefficient (Wildman–Crippen LogP) is 3.11. The summed E-state index contributed by atoms with van der Waals surface area (Å²) in [6.07, 6.45) is 4.34. The van der Waals surface area contributed by atoms with Crippen molar-refractivity contribution in [3.8, 4) is 0 Å². The van der Waals surface area contributed by atoms with Crippen LogP contribution in [-0.2, 0) is 4.18 Å². The highest BCUT2D eigenvalue weighted by Crippen LogP contribution is 2.24. The predicted molar refractivity (Wildman–Crippen MR) is 48.2 cm³/mol. The van der Waals surface area contributed by atoms with Crippen LogP contribution in [0.5, 0.6) is 0 Å². The Labute approximate surface area is 68.7 Å². The van der Waals surface area contributed by atoms with Gasteiger partial charge in [0.1, 0.15) is 0 Å². The Bertz CT molecular complexity index is 81.3. The van der Waals surface area contributed by atoms with Gasteiger partial charge in [0.05, 0.1) is 6.61 Å². The van der Waals surface area contributed by atoms with Gasteiger partial charge in [0.15, 0.2) is 0 Å². The van der Waals surface area contributed by atoms with E-state index in [9.17, 15) is 0 Å². The molecule has 0 heterocycles. The van der Waals surface area contributed by atoms with Gasteiger partial charge in [-0.3, -0.25) is 0 Å². The molecule has 0 fully saturated rings. The molecule has 62 valence electrons. The first-order valence-corrected chi connectivity index (χ1v) is 4.93. The monoisotopic (exact) mass is 162 g/mol. The largest absolute Gasteiger partial charge is 0.316 e. The van der Waals surface area contributed by atoms with E-state index in [0.29, 0.717) is 5.41 Å². The zero-order valence-electron chi connectivity index (χ0n) is 7.44. The topological polar surface area (TPSA) is 9.23 Å². The van der Waals surface area contributed by atoms with E-state index in [2.05, 4.69) is 20.8 Å². The zero-order chi connectivity index (χ0) is 8.04.